The number of amides is 2. The van der Waals surface area contributed by atoms with Crippen molar-refractivity contribution in [2.24, 2.45) is 0 Å². The van der Waals surface area contributed by atoms with Crippen LogP contribution in [0.2, 0.25) is 5.02 Å². The molecule has 0 atom stereocenters. The van der Waals surface area contributed by atoms with E-state index in [1.165, 1.54) is 18.9 Å². The van der Waals surface area contributed by atoms with Gasteiger partial charge in [-0.25, -0.2) is 4.79 Å². The number of carbonyl (C=O) groups excluding carboxylic acids is 3. The van der Waals surface area contributed by atoms with Crippen LogP contribution in [0, 0.1) is 0 Å². The van der Waals surface area contributed by atoms with Crippen molar-refractivity contribution in [3.63, 3.8) is 0 Å². The lowest BCUT2D eigenvalue weighted by Gasteiger charge is -2.09. The highest BCUT2D eigenvalue weighted by Gasteiger charge is 2.15. The van der Waals surface area contributed by atoms with Crippen LogP contribution < -0.4 is 10.6 Å². The highest BCUT2D eigenvalue weighted by molar-refractivity contribution is 7.99. The number of thioether (sulfide) groups is 1. The third kappa shape index (κ3) is 6.69. The molecule has 1 aromatic heterocycles. The second-order valence-corrected chi connectivity index (χ2v) is 8.27. The molecular weight excluding hydrogens is 478 g/mol. The van der Waals surface area contributed by atoms with E-state index >= 15 is 0 Å². The summed E-state index contributed by atoms with van der Waals surface area (Å²) in [5.41, 5.74) is 1.42. The van der Waals surface area contributed by atoms with Crippen molar-refractivity contribution in [3.05, 3.63) is 83.2 Å². The van der Waals surface area contributed by atoms with Crippen LogP contribution in [0.1, 0.15) is 26.5 Å². The van der Waals surface area contributed by atoms with Gasteiger partial charge in [-0.3, -0.25) is 9.59 Å². The average Bonchev–Trinajstić information content (AvgIpc) is 3.23. The van der Waals surface area contributed by atoms with Crippen LogP contribution in [0.25, 0.3) is 0 Å². The van der Waals surface area contributed by atoms with Gasteiger partial charge in [-0.15, -0.1) is 16.8 Å². The Bertz CT molecular complexity index is 1180. The summed E-state index contributed by atoms with van der Waals surface area (Å²) >= 11 is 7.06. The van der Waals surface area contributed by atoms with Crippen molar-refractivity contribution >= 4 is 46.8 Å². The molecule has 0 saturated carbocycles. The molecule has 9 nitrogen and oxygen atoms in total. The maximum atomic E-state index is 12.4. The van der Waals surface area contributed by atoms with Crippen LogP contribution >= 0.6 is 23.4 Å². The van der Waals surface area contributed by atoms with Crippen LogP contribution in [0.5, 0.6) is 0 Å². The molecule has 2 amide bonds. The van der Waals surface area contributed by atoms with Gasteiger partial charge in [-0.1, -0.05) is 29.4 Å². The van der Waals surface area contributed by atoms with Crippen LogP contribution in [-0.4, -0.2) is 45.4 Å². The lowest BCUT2D eigenvalue weighted by molar-refractivity contribution is -0.113. The topological polar surface area (TPSA) is 115 Å². The number of nitrogens with zero attached hydrogens (tertiary/aromatic N) is 3. The maximum absolute atomic E-state index is 12.4. The molecule has 0 radical (unpaired) electrons. The first-order chi connectivity index (χ1) is 16.4. The van der Waals surface area contributed by atoms with Gasteiger partial charge in [0.15, 0.2) is 11.0 Å². The number of carbonyl (C=O) groups is 3. The van der Waals surface area contributed by atoms with Gasteiger partial charge >= 0.3 is 5.97 Å². The second-order valence-electron chi connectivity index (χ2n) is 6.89. The maximum Gasteiger partial charge on any atom is 0.337 e. The van der Waals surface area contributed by atoms with E-state index in [1.807, 2.05) is 0 Å². The van der Waals surface area contributed by atoms with E-state index in [-0.39, 0.29) is 24.1 Å². The molecule has 0 aliphatic carbocycles. The number of allylic oxidation sites excluding steroid dienone is 1. The number of anilines is 1. The van der Waals surface area contributed by atoms with Gasteiger partial charge in [0.2, 0.25) is 5.91 Å². The van der Waals surface area contributed by atoms with Crippen molar-refractivity contribution in [1.29, 1.82) is 0 Å². The summed E-state index contributed by atoms with van der Waals surface area (Å²) in [6.07, 6.45) is 1.68. The van der Waals surface area contributed by atoms with E-state index < -0.39 is 5.97 Å². The summed E-state index contributed by atoms with van der Waals surface area (Å²) in [4.78, 5) is 36.2. The smallest absolute Gasteiger partial charge is 0.337 e. The third-order valence-electron chi connectivity index (χ3n) is 4.54. The SMILES string of the molecule is C=CCn1c(CNC(=O)c2ccc(Cl)cc2)nnc1SCC(=O)Nc1ccc(C(=O)OC)cc1. The summed E-state index contributed by atoms with van der Waals surface area (Å²) in [6, 6.07) is 12.9. The van der Waals surface area contributed by atoms with Crippen LogP contribution in [-0.2, 0) is 22.6 Å². The first-order valence-electron chi connectivity index (χ1n) is 10.1. The first kappa shape index (κ1) is 25.0. The number of halogens is 1. The molecule has 0 aliphatic rings. The van der Waals surface area contributed by atoms with Crippen molar-refractivity contribution in [2.75, 3.05) is 18.2 Å². The standard InChI is InChI=1S/C23H22ClN5O4S/c1-3-12-29-19(13-25-21(31)15-4-8-17(24)9-5-15)27-28-23(29)34-14-20(30)26-18-10-6-16(7-11-18)22(32)33-2/h3-11H,1,12-14H2,2H3,(H,25,31)(H,26,30). The Morgan fingerprint density at radius 1 is 1.09 bits per heavy atom. The predicted molar refractivity (Wildman–Crippen MR) is 130 cm³/mol. The number of hydrogen-bond acceptors (Lipinski definition) is 7. The predicted octanol–water partition coefficient (Wildman–Crippen LogP) is 3.56. The fourth-order valence-corrected chi connectivity index (χ4v) is 3.76. The molecule has 34 heavy (non-hydrogen) atoms. The van der Waals surface area contributed by atoms with Crippen molar-refractivity contribution in [3.8, 4) is 0 Å². The summed E-state index contributed by atoms with van der Waals surface area (Å²) in [5, 5.41) is 14.9. The molecule has 11 heteroatoms. The number of ether oxygens (including phenoxy) is 1. The molecule has 3 rings (SSSR count). The second kappa shape index (κ2) is 12.0. The van der Waals surface area contributed by atoms with Gasteiger partial charge in [0, 0.05) is 22.8 Å². The molecule has 1 heterocycles. The van der Waals surface area contributed by atoms with Gasteiger partial charge in [-0.2, -0.15) is 0 Å². The van der Waals surface area contributed by atoms with E-state index in [0.29, 0.717) is 39.4 Å². The Hall–Kier alpha value is -3.63. The quantitative estimate of drug-likeness (QED) is 0.249. The molecule has 0 bridgehead atoms. The van der Waals surface area contributed by atoms with Gasteiger partial charge in [0.05, 0.1) is 25.0 Å². The molecule has 0 spiro atoms. The van der Waals surface area contributed by atoms with E-state index in [4.69, 9.17) is 11.6 Å². The number of rotatable bonds is 10. The molecular formula is C23H22ClN5O4S. The fraction of sp³-hybridized carbons (Fsp3) is 0.174. The van der Waals surface area contributed by atoms with E-state index in [2.05, 4.69) is 32.1 Å². The normalized spacial score (nSPS) is 10.4. The van der Waals surface area contributed by atoms with Gasteiger partial charge in [0.25, 0.3) is 5.91 Å². The molecule has 0 saturated heterocycles. The summed E-state index contributed by atoms with van der Waals surface area (Å²) in [6.45, 7) is 4.32. The van der Waals surface area contributed by atoms with E-state index in [0.717, 1.165) is 0 Å². The number of hydrogen-bond donors (Lipinski definition) is 2. The Morgan fingerprint density at radius 2 is 1.76 bits per heavy atom. The lowest BCUT2D eigenvalue weighted by Crippen LogP contribution is -2.24. The Balaban J connectivity index is 1.57. The number of nitrogens with one attached hydrogen (secondary N) is 2. The number of benzene rings is 2. The molecule has 2 aromatic carbocycles. The Morgan fingerprint density at radius 3 is 2.41 bits per heavy atom. The largest absolute Gasteiger partial charge is 0.465 e. The average molecular weight is 500 g/mol. The number of methoxy groups -OCH3 is 1. The van der Waals surface area contributed by atoms with Gasteiger partial charge in [0.1, 0.15) is 0 Å². The van der Waals surface area contributed by atoms with Crippen molar-refractivity contribution < 1.29 is 19.1 Å². The third-order valence-corrected chi connectivity index (χ3v) is 5.76. The highest BCUT2D eigenvalue weighted by atomic mass is 35.5. The van der Waals surface area contributed by atoms with Crippen molar-refractivity contribution in [2.45, 2.75) is 18.2 Å². The molecule has 2 N–H and O–H groups in total. The molecule has 0 aliphatic heterocycles. The minimum Gasteiger partial charge on any atom is -0.465 e. The summed E-state index contributed by atoms with van der Waals surface area (Å²) in [7, 11) is 1.30. The van der Waals surface area contributed by atoms with E-state index in [1.54, 1.807) is 59.2 Å². The molecule has 0 fully saturated rings. The zero-order chi connectivity index (χ0) is 24.5. The zero-order valence-corrected chi connectivity index (χ0v) is 19.9. The summed E-state index contributed by atoms with van der Waals surface area (Å²) < 4.78 is 6.43. The molecule has 0 unspecified atom stereocenters. The highest BCUT2D eigenvalue weighted by Crippen LogP contribution is 2.19. The summed E-state index contributed by atoms with van der Waals surface area (Å²) in [5.74, 6) is -0.345. The van der Waals surface area contributed by atoms with Gasteiger partial charge < -0.3 is 19.9 Å². The monoisotopic (exact) mass is 499 g/mol. The minimum atomic E-state index is -0.449. The fourth-order valence-electron chi connectivity index (χ4n) is 2.87. The van der Waals surface area contributed by atoms with Crippen molar-refractivity contribution in [1.82, 2.24) is 20.1 Å². The molecule has 176 valence electrons. The number of esters is 1. The van der Waals surface area contributed by atoms with Crippen LogP contribution in [0.15, 0.2) is 66.3 Å². The van der Waals surface area contributed by atoms with Crippen LogP contribution in [0.3, 0.4) is 0 Å². The Labute approximate surface area is 205 Å². The molecule has 3 aromatic rings. The minimum absolute atomic E-state index is 0.0885. The Kier molecular flexibility index (Phi) is 8.83. The van der Waals surface area contributed by atoms with Gasteiger partial charge in [-0.05, 0) is 48.5 Å². The first-order valence-corrected chi connectivity index (χ1v) is 11.5. The van der Waals surface area contributed by atoms with Crippen LogP contribution in [0.4, 0.5) is 5.69 Å². The zero-order valence-electron chi connectivity index (χ0n) is 18.3. The lowest BCUT2D eigenvalue weighted by atomic mass is 10.2. The van der Waals surface area contributed by atoms with E-state index in [9.17, 15) is 14.4 Å². The number of aromatic nitrogens is 3.